The van der Waals surface area contributed by atoms with Crippen molar-refractivity contribution < 1.29 is 14.7 Å². The van der Waals surface area contributed by atoms with Crippen LogP contribution in [-0.4, -0.2) is 31.5 Å². The maximum absolute atomic E-state index is 12.9. The first-order chi connectivity index (χ1) is 14.4. The van der Waals surface area contributed by atoms with Crippen molar-refractivity contribution in [3.63, 3.8) is 0 Å². The molecule has 0 aliphatic carbocycles. The molecule has 0 unspecified atom stereocenters. The van der Waals surface area contributed by atoms with E-state index in [2.05, 4.69) is 4.98 Å². The summed E-state index contributed by atoms with van der Waals surface area (Å²) in [6, 6.07) is 14.1. The molecule has 7 nitrogen and oxygen atoms in total. The highest BCUT2D eigenvalue weighted by Gasteiger charge is 2.28. The Bertz CT molecular complexity index is 1250. The molecular formula is C21H15Cl2N3O4. The number of hydrogen-bond donors (Lipinski definition) is 1. The van der Waals surface area contributed by atoms with Gasteiger partial charge in [-0.25, -0.2) is 9.78 Å². The Morgan fingerprint density at radius 1 is 1.17 bits per heavy atom. The van der Waals surface area contributed by atoms with E-state index in [4.69, 9.17) is 28.3 Å². The second-order valence-electron chi connectivity index (χ2n) is 6.68. The van der Waals surface area contributed by atoms with Crippen LogP contribution >= 0.6 is 23.2 Å². The number of carbonyl (C=O) groups is 2. The van der Waals surface area contributed by atoms with Gasteiger partial charge in [-0.15, -0.1) is 0 Å². The summed E-state index contributed by atoms with van der Waals surface area (Å²) in [6.45, 7) is 0.520. The van der Waals surface area contributed by atoms with Crippen LogP contribution in [0, 0.1) is 0 Å². The summed E-state index contributed by atoms with van der Waals surface area (Å²) in [6.07, 6.45) is 2.64. The van der Waals surface area contributed by atoms with Gasteiger partial charge in [-0.2, -0.15) is 0 Å². The fourth-order valence-corrected chi connectivity index (χ4v) is 3.87. The molecule has 1 amide bonds. The lowest BCUT2D eigenvalue weighted by Crippen LogP contribution is -2.39. The molecule has 0 saturated carbocycles. The third-order valence-electron chi connectivity index (χ3n) is 4.85. The van der Waals surface area contributed by atoms with Gasteiger partial charge in [0.05, 0.1) is 10.9 Å². The van der Waals surface area contributed by atoms with Crippen LogP contribution in [0.4, 0.5) is 5.69 Å². The van der Waals surface area contributed by atoms with Crippen LogP contribution in [0.3, 0.4) is 0 Å². The minimum absolute atomic E-state index is 0.133. The molecule has 2 aromatic carbocycles. The average molecular weight is 444 g/mol. The van der Waals surface area contributed by atoms with E-state index in [0.717, 1.165) is 16.0 Å². The molecule has 0 atom stereocenters. The van der Waals surface area contributed by atoms with Crippen molar-refractivity contribution >= 4 is 63.3 Å². The number of carboxylic acid groups (broad SMARTS) is 1. The van der Waals surface area contributed by atoms with E-state index in [-0.39, 0.29) is 11.2 Å². The predicted octanol–water partition coefficient (Wildman–Crippen LogP) is 3.52. The molecule has 0 fully saturated rings. The Morgan fingerprint density at radius 3 is 2.57 bits per heavy atom. The van der Waals surface area contributed by atoms with Gasteiger partial charge < -0.3 is 5.11 Å². The van der Waals surface area contributed by atoms with Crippen molar-refractivity contribution in [2.75, 3.05) is 4.90 Å². The van der Waals surface area contributed by atoms with Crippen molar-refractivity contribution in [3.05, 3.63) is 70.3 Å². The molecule has 2 heterocycles. The number of benzene rings is 2. The smallest absolute Gasteiger partial charge is 0.395 e. The van der Waals surface area contributed by atoms with Gasteiger partial charge in [-0.05, 0) is 41.8 Å². The summed E-state index contributed by atoms with van der Waals surface area (Å²) in [5, 5.41) is 9.39. The standard InChI is InChI=1S/C21H15Cl2N3O4/c22-21(23)26(19(28)20(29)30)14-6-7-15-16(11-14)24-17-13(8-9-25(17)18(15)27)10-12-4-2-1-3-5-12/h1-7,10-11,21H,8-9H2,(H,29,30). The highest BCUT2D eigenvalue weighted by molar-refractivity contribution is 6.50. The SMILES string of the molecule is O=C(O)C(=O)N(c1ccc2c(=O)n3c(nc2c1)C(=Cc1ccccc1)CC3)C(Cl)Cl. The number of aromatic nitrogens is 2. The summed E-state index contributed by atoms with van der Waals surface area (Å²) in [4.78, 5) is 40.0. The lowest BCUT2D eigenvalue weighted by atomic mass is 10.1. The molecule has 1 aromatic heterocycles. The average Bonchev–Trinajstić information content (AvgIpc) is 3.11. The molecular weight excluding hydrogens is 429 g/mol. The van der Waals surface area contributed by atoms with E-state index in [0.29, 0.717) is 29.7 Å². The van der Waals surface area contributed by atoms with Crippen molar-refractivity contribution in [1.82, 2.24) is 9.55 Å². The number of nitrogens with zero attached hydrogens (tertiary/aromatic N) is 3. The largest absolute Gasteiger partial charge is 0.474 e. The van der Waals surface area contributed by atoms with Crippen LogP contribution in [-0.2, 0) is 16.1 Å². The third-order valence-corrected chi connectivity index (χ3v) is 5.24. The van der Waals surface area contributed by atoms with E-state index in [9.17, 15) is 14.4 Å². The zero-order valence-corrected chi connectivity index (χ0v) is 17.0. The van der Waals surface area contributed by atoms with Gasteiger partial charge in [-0.1, -0.05) is 53.5 Å². The zero-order valence-electron chi connectivity index (χ0n) is 15.5. The lowest BCUT2D eigenvalue weighted by molar-refractivity contribution is -0.148. The van der Waals surface area contributed by atoms with Crippen LogP contribution in [0.1, 0.15) is 17.8 Å². The first-order valence-corrected chi connectivity index (χ1v) is 9.89. The number of allylic oxidation sites excluding steroid dienone is 1. The molecule has 152 valence electrons. The number of amides is 1. The maximum atomic E-state index is 12.9. The second kappa shape index (κ2) is 7.93. The summed E-state index contributed by atoms with van der Waals surface area (Å²) < 4.78 is 1.61. The number of anilines is 1. The Labute approximate surface area is 180 Å². The van der Waals surface area contributed by atoms with Crippen LogP contribution < -0.4 is 10.5 Å². The summed E-state index contributed by atoms with van der Waals surface area (Å²) >= 11 is 11.6. The highest BCUT2D eigenvalue weighted by atomic mass is 35.5. The van der Waals surface area contributed by atoms with Gasteiger partial charge in [0.25, 0.3) is 5.56 Å². The monoisotopic (exact) mass is 443 g/mol. The van der Waals surface area contributed by atoms with Crippen molar-refractivity contribution in [1.29, 1.82) is 0 Å². The maximum Gasteiger partial charge on any atom is 0.395 e. The number of carboxylic acids is 1. The molecule has 4 rings (SSSR count). The molecule has 0 bridgehead atoms. The zero-order chi connectivity index (χ0) is 21.4. The third kappa shape index (κ3) is 3.58. The lowest BCUT2D eigenvalue weighted by Gasteiger charge is -2.22. The molecule has 1 aliphatic rings. The Kier molecular flexibility index (Phi) is 5.32. The molecule has 0 spiro atoms. The number of carbonyl (C=O) groups excluding carboxylic acids is 1. The number of aliphatic carboxylic acids is 1. The number of rotatable bonds is 3. The first kappa shape index (κ1) is 20.1. The second-order valence-corrected chi connectivity index (χ2v) is 7.73. The number of hydrogen-bond acceptors (Lipinski definition) is 4. The number of fused-ring (bicyclic) bond motifs is 2. The van der Waals surface area contributed by atoms with Crippen LogP contribution in [0.25, 0.3) is 22.6 Å². The number of alkyl halides is 2. The Hall–Kier alpha value is -3.16. The Balaban J connectivity index is 1.85. The van der Waals surface area contributed by atoms with Gasteiger partial charge in [-0.3, -0.25) is 19.1 Å². The summed E-state index contributed by atoms with van der Waals surface area (Å²) in [5.74, 6) is -2.44. The quantitative estimate of drug-likeness (QED) is 0.379. The summed E-state index contributed by atoms with van der Waals surface area (Å²) in [5.41, 5.74) is 2.16. The van der Waals surface area contributed by atoms with E-state index in [1.165, 1.54) is 18.2 Å². The van der Waals surface area contributed by atoms with Gasteiger partial charge in [0.2, 0.25) is 0 Å². The minimum atomic E-state index is -1.70. The van der Waals surface area contributed by atoms with E-state index >= 15 is 0 Å². The normalized spacial score (nSPS) is 14.3. The Morgan fingerprint density at radius 2 is 1.90 bits per heavy atom. The van der Waals surface area contributed by atoms with Crippen LogP contribution in [0.2, 0.25) is 0 Å². The topological polar surface area (TPSA) is 92.5 Å². The van der Waals surface area contributed by atoms with Gasteiger partial charge in [0.15, 0.2) is 4.96 Å². The number of halogens is 2. The van der Waals surface area contributed by atoms with Crippen LogP contribution in [0.5, 0.6) is 0 Å². The molecule has 1 aliphatic heterocycles. The minimum Gasteiger partial charge on any atom is -0.474 e. The molecule has 3 aromatic rings. The summed E-state index contributed by atoms with van der Waals surface area (Å²) in [7, 11) is 0. The van der Waals surface area contributed by atoms with E-state index in [1.54, 1.807) is 4.57 Å². The molecule has 30 heavy (non-hydrogen) atoms. The highest BCUT2D eigenvalue weighted by Crippen LogP contribution is 2.29. The predicted molar refractivity (Wildman–Crippen MR) is 116 cm³/mol. The fraction of sp³-hybridized carbons (Fsp3) is 0.143. The van der Waals surface area contributed by atoms with E-state index in [1.807, 2.05) is 36.4 Å². The molecule has 1 N–H and O–H groups in total. The molecule has 9 heteroatoms. The first-order valence-electron chi connectivity index (χ1n) is 9.02. The van der Waals surface area contributed by atoms with Crippen molar-refractivity contribution in [2.24, 2.45) is 0 Å². The fourth-order valence-electron chi connectivity index (χ4n) is 3.46. The van der Waals surface area contributed by atoms with Gasteiger partial charge in [0.1, 0.15) is 5.82 Å². The molecule has 0 radical (unpaired) electrons. The van der Waals surface area contributed by atoms with Gasteiger partial charge in [0, 0.05) is 12.2 Å². The van der Waals surface area contributed by atoms with Gasteiger partial charge >= 0.3 is 11.9 Å². The van der Waals surface area contributed by atoms with Crippen molar-refractivity contribution in [3.8, 4) is 0 Å². The van der Waals surface area contributed by atoms with Crippen LogP contribution in [0.15, 0.2) is 53.3 Å². The van der Waals surface area contributed by atoms with Crippen molar-refractivity contribution in [2.45, 2.75) is 17.9 Å². The van der Waals surface area contributed by atoms with E-state index < -0.39 is 16.8 Å². The molecule has 0 saturated heterocycles.